The van der Waals surface area contributed by atoms with Crippen LogP contribution in [0.15, 0.2) is 57.5 Å². The summed E-state index contributed by atoms with van der Waals surface area (Å²) in [4.78, 5) is 24.1. The van der Waals surface area contributed by atoms with Crippen LogP contribution in [-0.4, -0.2) is 22.4 Å². The van der Waals surface area contributed by atoms with Crippen molar-refractivity contribution in [1.82, 2.24) is 0 Å². The highest BCUT2D eigenvalue weighted by Gasteiger charge is 2.39. The summed E-state index contributed by atoms with van der Waals surface area (Å²) in [6.07, 6.45) is -0.755. The topological polar surface area (TPSA) is 106 Å². The quantitative estimate of drug-likeness (QED) is 0.596. The molecule has 4 atom stereocenters. The zero-order valence-corrected chi connectivity index (χ0v) is 18.1. The van der Waals surface area contributed by atoms with Crippen LogP contribution >= 0.6 is 0 Å². The van der Waals surface area contributed by atoms with E-state index >= 15 is 0 Å². The third kappa shape index (κ3) is 3.20. The Morgan fingerprint density at radius 1 is 0.800 bits per heavy atom. The van der Waals surface area contributed by atoms with Crippen LogP contribution < -0.4 is 8.61 Å². The van der Waals surface area contributed by atoms with E-state index in [4.69, 9.17) is 0 Å². The second-order valence-corrected chi connectivity index (χ2v) is 10.2. The van der Waals surface area contributed by atoms with E-state index < -0.39 is 33.9 Å². The van der Waals surface area contributed by atoms with Crippen molar-refractivity contribution >= 4 is 45.3 Å². The van der Waals surface area contributed by atoms with Crippen molar-refractivity contribution in [3.63, 3.8) is 0 Å². The third-order valence-corrected chi connectivity index (χ3v) is 9.43. The molecule has 4 unspecified atom stereocenters. The molecule has 30 heavy (non-hydrogen) atoms. The number of nitrogens with zero attached hydrogens (tertiary/aromatic N) is 4. The normalized spacial score (nSPS) is 24.9. The average molecular weight is 447 g/mol. The van der Waals surface area contributed by atoms with Crippen molar-refractivity contribution in [2.24, 2.45) is 8.94 Å². The molecule has 0 bridgehead atoms. The van der Waals surface area contributed by atoms with Gasteiger partial charge in [-0.15, -0.1) is 0 Å². The molecule has 0 aliphatic carbocycles. The van der Waals surface area contributed by atoms with Crippen molar-refractivity contribution < 1.29 is 19.8 Å². The predicted molar refractivity (Wildman–Crippen MR) is 120 cm³/mol. The largest absolute Gasteiger partial charge is 0.464 e. The van der Waals surface area contributed by atoms with Crippen LogP contribution in [0.2, 0.25) is 0 Å². The maximum atomic E-state index is 12.0. The molecule has 0 radical (unpaired) electrons. The molecule has 2 aromatic carbocycles. The molecule has 10 heteroatoms. The molecule has 8 nitrogen and oxygen atoms in total. The fraction of sp³-hybridized carbons (Fsp3) is 0.300. The van der Waals surface area contributed by atoms with Gasteiger partial charge in [0.25, 0.3) is 0 Å². The Morgan fingerprint density at radius 3 is 1.50 bits per heavy atom. The number of amides is 2. The molecule has 0 saturated carbocycles. The Morgan fingerprint density at radius 2 is 1.17 bits per heavy atom. The van der Waals surface area contributed by atoms with Crippen LogP contribution in [0.25, 0.3) is 0 Å². The van der Waals surface area contributed by atoms with Crippen molar-refractivity contribution in [3.05, 3.63) is 59.7 Å². The van der Waals surface area contributed by atoms with Crippen molar-refractivity contribution in [2.45, 2.75) is 37.2 Å². The second kappa shape index (κ2) is 8.19. The summed E-state index contributed by atoms with van der Waals surface area (Å²) in [5, 5.41) is 19.5. The van der Waals surface area contributed by atoms with Gasteiger partial charge in [0.05, 0.1) is 21.9 Å². The minimum absolute atomic E-state index is 0.104. The molecular weight excluding hydrogens is 424 g/mol. The highest BCUT2D eigenvalue weighted by molar-refractivity contribution is 7.92. The van der Waals surface area contributed by atoms with Gasteiger partial charge in [0.2, 0.25) is 0 Å². The van der Waals surface area contributed by atoms with Crippen LogP contribution in [0.3, 0.4) is 0 Å². The Labute approximate surface area is 179 Å². The van der Waals surface area contributed by atoms with E-state index in [-0.39, 0.29) is 10.5 Å². The number of carbonyl (C=O) groups is 2. The molecule has 0 aromatic heterocycles. The van der Waals surface area contributed by atoms with E-state index in [0.29, 0.717) is 24.2 Å². The Bertz CT molecular complexity index is 1000. The van der Waals surface area contributed by atoms with E-state index in [1.54, 1.807) is 24.3 Å². The molecule has 2 amide bonds. The molecule has 2 aromatic rings. The van der Waals surface area contributed by atoms with Crippen LogP contribution in [0.1, 0.15) is 48.3 Å². The fourth-order valence-corrected chi connectivity index (χ4v) is 7.87. The van der Waals surface area contributed by atoms with Gasteiger partial charge < -0.3 is 10.2 Å². The number of fused-ring (bicyclic) bond motifs is 2. The monoisotopic (exact) mass is 446 g/mol. The summed E-state index contributed by atoms with van der Waals surface area (Å²) >= 11 is 0. The lowest BCUT2D eigenvalue weighted by Gasteiger charge is -2.18. The first-order valence-electron chi connectivity index (χ1n) is 9.61. The van der Waals surface area contributed by atoms with Gasteiger partial charge in [-0.2, -0.15) is 0 Å². The van der Waals surface area contributed by atoms with Gasteiger partial charge in [0, 0.05) is 21.8 Å². The standard InChI is InChI=1S/C20H22N4O4S2/c1-3-17-13-9-5-7-11-15(13)23(19(25)26)29(17)21-22-30-18(4-2)14-10-6-8-12-16(14)24(30)20(27)28/h5-12,17-18H,3-4H2,1-2H3,(H,25,26)(H,27,28). The number of hydrogen-bond donors (Lipinski definition) is 2. The lowest BCUT2D eigenvalue weighted by Crippen LogP contribution is -2.30. The van der Waals surface area contributed by atoms with E-state index in [0.717, 1.165) is 11.1 Å². The maximum absolute atomic E-state index is 12.0. The number of para-hydroxylation sites is 2. The number of carboxylic acid groups (broad SMARTS) is 2. The number of benzene rings is 2. The number of anilines is 2. The smallest absolute Gasteiger partial charge is 0.422 e. The highest BCUT2D eigenvalue weighted by atomic mass is 32.2. The summed E-state index contributed by atoms with van der Waals surface area (Å²) < 4.78 is 11.5. The molecule has 158 valence electrons. The zero-order valence-electron chi connectivity index (χ0n) is 16.5. The second-order valence-electron chi connectivity index (χ2n) is 6.81. The molecule has 0 fully saturated rings. The summed E-state index contributed by atoms with van der Waals surface area (Å²) in [5.74, 6) is 0. The van der Waals surface area contributed by atoms with Gasteiger partial charge in [-0.05, 0) is 36.1 Å². The summed E-state index contributed by atoms with van der Waals surface area (Å²) in [6, 6.07) is 14.8. The van der Waals surface area contributed by atoms with E-state index in [2.05, 4.69) is 8.94 Å². The molecule has 0 saturated heterocycles. The zero-order chi connectivity index (χ0) is 21.4. The van der Waals surface area contributed by atoms with Gasteiger partial charge in [0.1, 0.15) is 0 Å². The fourth-order valence-electron chi connectivity index (χ4n) is 3.93. The van der Waals surface area contributed by atoms with Gasteiger partial charge in [0.15, 0.2) is 0 Å². The van der Waals surface area contributed by atoms with Gasteiger partial charge >= 0.3 is 12.2 Å². The Hall–Kier alpha value is -2.72. The number of rotatable bonds is 3. The third-order valence-electron chi connectivity index (χ3n) is 5.18. The predicted octanol–water partition coefficient (Wildman–Crippen LogP) is 5.63. The lowest BCUT2D eigenvalue weighted by molar-refractivity contribution is 0.205. The first-order chi connectivity index (χ1) is 14.5. The van der Waals surface area contributed by atoms with E-state index in [1.165, 1.54) is 8.61 Å². The lowest BCUT2D eigenvalue weighted by atomic mass is 10.1. The maximum Gasteiger partial charge on any atom is 0.422 e. The number of hydrogen-bond acceptors (Lipinski definition) is 2. The minimum atomic E-state index is -1.08. The molecular formula is C20H22N4O4S2. The molecule has 2 aliphatic heterocycles. The first-order valence-corrected chi connectivity index (χ1v) is 12.0. The summed E-state index contributed by atoms with van der Waals surface area (Å²) in [6.45, 7) is 3.99. The molecule has 2 heterocycles. The average Bonchev–Trinajstić information content (AvgIpc) is 3.23. The SMILES string of the molecule is CCC1c2ccccc2N(C(=O)O)S1=NN=S1C(CC)c2ccccc2N1C(=O)O. The summed E-state index contributed by atoms with van der Waals surface area (Å²) in [7, 11) is -2.11. The highest BCUT2D eigenvalue weighted by Crippen LogP contribution is 2.45. The van der Waals surface area contributed by atoms with Gasteiger partial charge in [-0.25, -0.2) is 18.2 Å². The molecule has 2 N–H and O–H groups in total. The van der Waals surface area contributed by atoms with Crippen molar-refractivity contribution in [3.8, 4) is 0 Å². The molecule has 0 spiro atoms. The van der Waals surface area contributed by atoms with Gasteiger partial charge in [-0.3, -0.25) is 0 Å². The Kier molecular flexibility index (Phi) is 5.61. The van der Waals surface area contributed by atoms with Crippen LogP contribution in [0.4, 0.5) is 21.0 Å². The minimum Gasteiger partial charge on any atom is -0.464 e. The van der Waals surface area contributed by atoms with Crippen LogP contribution in [-0.2, 0) is 21.8 Å². The van der Waals surface area contributed by atoms with Gasteiger partial charge in [-0.1, -0.05) is 59.2 Å². The molecule has 4 rings (SSSR count). The van der Waals surface area contributed by atoms with E-state index in [9.17, 15) is 19.8 Å². The summed E-state index contributed by atoms with van der Waals surface area (Å²) in [5.41, 5.74) is 3.12. The van der Waals surface area contributed by atoms with E-state index in [1.807, 2.05) is 38.1 Å². The first kappa shape index (κ1) is 20.5. The van der Waals surface area contributed by atoms with Crippen LogP contribution in [0, 0.1) is 0 Å². The Balaban J connectivity index is 1.84. The van der Waals surface area contributed by atoms with Crippen molar-refractivity contribution in [2.75, 3.05) is 8.61 Å². The molecule has 2 aliphatic rings. The van der Waals surface area contributed by atoms with Crippen LogP contribution in [0.5, 0.6) is 0 Å². The van der Waals surface area contributed by atoms with Crippen molar-refractivity contribution in [1.29, 1.82) is 0 Å².